The normalized spacial score (nSPS) is 12.8. The van der Waals surface area contributed by atoms with Gasteiger partial charge in [-0.15, -0.1) is 5.10 Å². The van der Waals surface area contributed by atoms with Gasteiger partial charge < -0.3 is 9.73 Å². The summed E-state index contributed by atoms with van der Waals surface area (Å²) in [5, 5.41) is 9.56. The molecule has 0 aliphatic carbocycles. The lowest BCUT2D eigenvalue weighted by molar-refractivity contribution is -0.117. The van der Waals surface area contributed by atoms with Gasteiger partial charge in [-0.1, -0.05) is 47.6 Å². The van der Waals surface area contributed by atoms with Crippen molar-refractivity contribution in [3.05, 3.63) is 83.5 Å². The summed E-state index contributed by atoms with van der Waals surface area (Å²) in [5.41, 5.74) is 1.54. The van der Waals surface area contributed by atoms with Crippen LogP contribution in [-0.2, 0) is 21.1 Å². The second kappa shape index (κ2) is 8.78. The molecule has 1 amide bonds. The number of rotatable bonds is 7. The Morgan fingerprint density at radius 1 is 1.14 bits per heavy atom. The van der Waals surface area contributed by atoms with E-state index in [1.807, 2.05) is 30.3 Å². The number of carbonyl (C=O) groups is 1. The molecule has 0 fully saturated rings. The van der Waals surface area contributed by atoms with Crippen LogP contribution in [0.3, 0.4) is 0 Å². The van der Waals surface area contributed by atoms with Crippen LogP contribution in [0.4, 0.5) is 4.39 Å². The highest BCUT2D eigenvalue weighted by Gasteiger charge is 2.24. The third kappa shape index (κ3) is 5.82. The maximum atomic E-state index is 13.0. The zero-order valence-electron chi connectivity index (χ0n) is 15.4. The Hall–Kier alpha value is -3.33. The Morgan fingerprint density at radius 3 is 2.45 bits per heavy atom. The highest BCUT2D eigenvalue weighted by Crippen LogP contribution is 2.19. The van der Waals surface area contributed by atoms with Crippen molar-refractivity contribution in [3.63, 3.8) is 0 Å². The van der Waals surface area contributed by atoms with Crippen LogP contribution in [0, 0.1) is 5.82 Å². The third-order valence-electron chi connectivity index (χ3n) is 3.93. The van der Waals surface area contributed by atoms with Crippen molar-refractivity contribution in [2.45, 2.75) is 17.7 Å². The molecular formula is C20H18FN3O4S. The molecule has 1 heterocycles. The molecule has 2 aromatic carbocycles. The average Bonchev–Trinajstić information content (AvgIpc) is 3.19. The quantitative estimate of drug-likeness (QED) is 0.596. The van der Waals surface area contributed by atoms with Gasteiger partial charge in [0.05, 0.1) is 0 Å². The fourth-order valence-electron chi connectivity index (χ4n) is 2.53. The molecule has 150 valence electrons. The topological polar surface area (TPSA) is 102 Å². The van der Waals surface area contributed by atoms with Crippen LogP contribution >= 0.6 is 0 Å². The van der Waals surface area contributed by atoms with Gasteiger partial charge in [-0.25, -0.2) is 12.8 Å². The standard InChI is InChI=1S/C20H18FN3O4S/c1-29(26,27)20-24-23-19(28-20)17(13-15-5-3-2-4-6-15)22-18(25)12-9-14-7-10-16(21)11-8-14/h2-12,17H,13H2,1H3,(H,22,25)/b12-9+/t17-/m0/s1. The number of benzene rings is 2. The summed E-state index contributed by atoms with van der Waals surface area (Å²) in [4.78, 5) is 12.4. The first kappa shape index (κ1) is 20.4. The van der Waals surface area contributed by atoms with E-state index in [4.69, 9.17) is 4.42 Å². The summed E-state index contributed by atoms with van der Waals surface area (Å²) in [6.45, 7) is 0. The Bertz CT molecular complexity index is 1110. The summed E-state index contributed by atoms with van der Waals surface area (Å²) in [5.74, 6) is -0.834. The molecule has 7 nitrogen and oxygen atoms in total. The molecule has 1 atom stereocenters. The number of nitrogens with zero attached hydrogens (tertiary/aromatic N) is 2. The van der Waals surface area contributed by atoms with E-state index >= 15 is 0 Å². The summed E-state index contributed by atoms with van der Waals surface area (Å²) >= 11 is 0. The first-order valence-corrected chi connectivity index (χ1v) is 10.5. The molecule has 0 saturated carbocycles. The van der Waals surface area contributed by atoms with Gasteiger partial charge in [0.2, 0.25) is 21.6 Å². The van der Waals surface area contributed by atoms with Crippen molar-refractivity contribution in [2.24, 2.45) is 0 Å². The van der Waals surface area contributed by atoms with E-state index in [0.717, 1.165) is 11.8 Å². The molecule has 0 aliphatic rings. The van der Waals surface area contributed by atoms with Crippen molar-refractivity contribution in [3.8, 4) is 0 Å². The summed E-state index contributed by atoms with van der Waals surface area (Å²) in [6, 6.07) is 14.2. The van der Waals surface area contributed by atoms with Crippen LogP contribution < -0.4 is 5.32 Å². The third-order valence-corrected chi connectivity index (χ3v) is 4.73. The molecular weight excluding hydrogens is 397 g/mol. The van der Waals surface area contributed by atoms with E-state index in [2.05, 4.69) is 15.5 Å². The number of hydrogen-bond acceptors (Lipinski definition) is 6. The van der Waals surface area contributed by atoms with E-state index < -0.39 is 27.0 Å². The summed E-state index contributed by atoms with van der Waals surface area (Å²) in [7, 11) is -3.66. The molecule has 29 heavy (non-hydrogen) atoms. The van der Waals surface area contributed by atoms with Gasteiger partial charge >= 0.3 is 5.22 Å². The Morgan fingerprint density at radius 2 is 1.83 bits per heavy atom. The number of sulfone groups is 1. The highest BCUT2D eigenvalue weighted by molar-refractivity contribution is 7.90. The minimum absolute atomic E-state index is 0.0159. The van der Waals surface area contributed by atoms with Gasteiger partial charge in [0.15, 0.2) is 0 Å². The molecule has 3 aromatic rings. The predicted molar refractivity (Wildman–Crippen MR) is 104 cm³/mol. The molecule has 0 spiro atoms. The van der Waals surface area contributed by atoms with Crippen LogP contribution in [0.25, 0.3) is 6.08 Å². The van der Waals surface area contributed by atoms with Gasteiger partial charge in [0.25, 0.3) is 0 Å². The minimum Gasteiger partial charge on any atom is -0.410 e. The molecule has 0 aliphatic heterocycles. The molecule has 3 rings (SSSR count). The lowest BCUT2D eigenvalue weighted by Crippen LogP contribution is -2.28. The summed E-state index contributed by atoms with van der Waals surface area (Å²) in [6.07, 6.45) is 4.10. The number of hydrogen-bond donors (Lipinski definition) is 1. The van der Waals surface area contributed by atoms with Crippen LogP contribution in [0.1, 0.15) is 23.1 Å². The highest BCUT2D eigenvalue weighted by atomic mass is 32.2. The molecule has 1 aromatic heterocycles. The van der Waals surface area contributed by atoms with Crippen molar-refractivity contribution in [2.75, 3.05) is 6.26 Å². The zero-order chi connectivity index (χ0) is 20.9. The van der Waals surface area contributed by atoms with Crippen molar-refractivity contribution >= 4 is 21.8 Å². The van der Waals surface area contributed by atoms with Crippen LogP contribution in [0.15, 0.2) is 70.3 Å². The summed E-state index contributed by atoms with van der Waals surface area (Å²) < 4.78 is 41.5. The average molecular weight is 415 g/mol. The fourth-order valence-corrected chi connectivity index (χ4v) is 2.95. The van der Waals surface area contributed by atoms with E-state index in [1.54, 1.807) is 0 Å². The van der Waals surface area contributed by atoms with E-state index in [1.165, 1.54) is 36.4 Å². The molecule has 0 saturated heterocycles. The van der Waals surface area contributed by atoms with Gasteiger partial charge in [-0.05, 0) is 29.3 Å². The van der Waals surface area contributed by atoms with Gasteiger partial charge in [0, 0.05) is 18.8 Å². The van der Waals surface area contributed by atoms with Crippen molar-refractivity contribution in [1.29, 1.82) is 0 Å². The van der Waals surface area contributed by atoms with E-state index in [0.29, 0.717) is 12.0 Å². The second-order valence-electron chi connectivity index (χ2n) is 6.31. The fraction of sp³-hybridized carbons (Fsp3) is 0.150. The number of halogens is 1. The maximum absolute atomic E-state index is 13.0. The monoisotopic (exact) mass is 415 g/mol. The first-order valence-electron chi connectivity index (χ1n) is 8.63. The van der Waals surface area contributed by atoms with Gasteiger partial charge in [-0.3, -0.25) is 4.79 Å². The van der Waals surface area contributed by atoms with Crippen LogP contribution in [0.2, 0.25) is 0 Å². The van der Waals surface area contributed by atoms with Crippen LogP contribution in [0.5, 0.6) is 0 Å². The molecule has 0 unspecified atom stereocenters. The lowest BCUT2D eigenvalue weighted by Gasteiger charge is -2.14. The largest absolute Gasteiger partial charge is 0.410 e. The van der Waals surface area contributed by atoms with Crippen molar-refractivity contribution in [1.82, 2.24) is 15.5 Å². The molecule has 0 bridgehead atoms. The second-order valence-corrected chi connectivity index (χ2v) is 8.21. The zero-order valence-corrected chi connectivity index (χ0v) is 16.3. The van der Waals surface area contributed by atoms with E-state index in [-0.39, 0.29) is 11.7 Å². The van der Waals surface area contributed by atoms with Gasteiger partial charge in [-0.2, -0.15) is 0 Å². The number of nitrogens with one attached hydrogen (secondary N) is 1. The lowest BCUT2D eigenvalue weighted by atomic mass is 10.1. The Labute approximate surface area is 167 Å². The Kier molecular flexibility index (Phi) is 6.18. The number of carbonyl (C=O) groups excluding carboxylic acids is 1. The van der Waals surface area contributed by atoms with E-state index in [9.17, 15) is 17.6 Å². The van der Waals surface area contributed by atoms with Gasteiger partial charge in [0.1, 0.15) is 11.9 Å². The molecule has 0 radical (unpaired) electrons. The molecule has 9 heteroatoms. The SMILES string of the molecule is CS(=O)(=O)c1nnc([C@H](Cc2ccccc2)NC(=O)/C=C/c2ccc(F)cc2)o1. The molecule has 1 N–H and O–H groups in total. The number of aromatic nitrogens is 2. The van der Waals surface area contributed by atoms with Crippen molar-refractivity contribution < 1.29 is 22.0 Å². The van der Waals surface area contributed by atoms with Crippen LogP contribution in [-0.4, -0.2) is 30.8 Å². The smallest absolute Gasteiger partial charge is 0.335 e. The number of amides is 1. The minimum atomic E-state index is -3.66. The first-order chi connectivity index (χ1) is 13.8. The predicted octanol–water partition coefficient (Wildman–Crippen LogP) is 2.73. The maximum Gasteiger partial charge on any atom is 0.335 e. The Balaban J connectivity index is 1.79.